The van der Waals surface area contributed by atoms with Gasteiger partial charge in [-0.1, -0.05) is 55.4 Å². The van der Waals surface area contributed by atoms with Gasteiger partial charge in [0, 0.05) is 36.2 Å². The van der Waals surface area contributed by atoms with E-state index in [4.69, 9.17) is 10.8 Å². The molecule has 0 saturated carbocycles. The van der Waals surface area contributed by atoms with Crippen LogP contribution in [0.3, 0.4) is 0 Å². The summed E-state index contributed by atoms with van der Waals surface area (Å²) in [6, 6.07) is -20.0. The van der Waals surface area contributed by atoms with Gasteiger partial charge in [-0.3, -0.25) is 71.9 Å². The molecule has 1 aromatic rings. The van der Waals surface area contributed by atoms with Crippen molar-refractivity contribution >= 4 is 120 Å². The number of aromatic nitrogens is 2. The molecule has 23 N–H and O–H groups in total. The lowest BCUT2D eigenvalue weighted by Gasteiger charge is -2.28. The van der Waals surface area contributed by atoms with Crippen LogP contribution in [0.25, 0.3) is 0 Å². The average molecular weight is 1450 g/mol. The number of nitrogens with two attached hydrogens (primary N) is 1. The highest BCUT2D eigenvalue weighted by Gasteiger charge is 2.38. The van der Waals surface area contributed by atoms with Gasteiger partial charge >= 0.3 is 11.9 Å². The molecule has 99 heavy (non-hydrogen) atoms. The minimum atomic E-state index is -1.86. The number of aliphatic hydroxyl groups excluding tert-OH is 4. The molecule has 0 radical (unpaired) electrons. The van der Waals surface area contributed by atoms with Crippen molar-refractivity contribution in [1.82, 2.24) is 84.4 Å². The second kappa shape index (κ2) is 44.3. The minimum absolute atomic E-state index is 0.0214. The van der Waals surface area contributed by atoms with Gasteiger partial charge in [-0.2, -0.15) is 25.3 Å². The van der Waals surface area contributed by atoms with E-state index in [1.165, 1.54) is 47.1 Å². The third kappa shape index (κ3) is 31.3. The third-order valence-corrected chi connectivity index (χ3v) is 15.2. The lowest BCUT2D eigenvalue weighted by Crippen LogP contribution is -2.62. The molecule has 1 heterocycles. The summed E-state index contributed by atoms with van der Waals surface area (Å²) < 4.78 is 0. The Morgan fingerprint density at radius 2 is 0.828 bits per heavy atom. The zero-order chi connectivity index (χ0) is 75.7. The fraction of sp³-hybridized carbons (Fsp3) is 0.672. The number of hydrogen-bond acceptors (Lipinski definition) is 24. The number of carboxylic acid groups (broad SMARTS) is 2. The molecule has 0 bridgehead atoms. The van der Waals surface area contributed by atoms with Crippen LogP contribution in [0.4, 0.5) is 0 Å². The SMILES string of the molecule is CC(C)C[C@H](NC(=O)[C@H](C)NC(=O)CNC(=O)[C@@H](NC(=O)[C@H](CO)NC(=O)[C@H](CO)NC(=O)[C@@H](NC(=O)[C@H](CO)NC(=O)[C@H](CS)NC(=O)CNC(=O)[C@@H](N)CCC(=O)O)C(C)C)C(C)C)C(=O)N[C@@H](CS)C(=O)N[C@H](C(=O)N[C@@H](Cc1cnc[nH]1)C(=O)N[C@H](C(=O)O)C(C)C)[C@@H](C)O. The first-order valence-corrected chi connectivity index (χ1v) is 32.6. The second-order valence-electron chi connectivity index (χ2n) is 24.3. The van der Waals surface area contributed by atoms with Crippen molar-refractivity contribution in [3.8, 4) is 0 Å². The van der Waals surface area contributed by atoms with E-state index in [0.717, 1.165) is 6.92 Å². The highest BCUT2D eigenvalue weighted by atomic mass is 32.1. The van der Waals surface area contributed by atoms with E-state index in [0.29, 0.717) is 5.69 Å². The molecule has 14 atom stereocenters. The number of aliphatic carboxylic acids is 2. The molecule has 0 aliphatic rings. The molecule has 0 saturated heterocycles. The summed E-state index contributed by atoms with van der Waals surface area (Å²) in [6.07, 6.45) is 0.170. The Morgan fingerprint density at radius 3 is 1.27 bits per heavy atom. The zero-order valence-corrected chi connectivity index (χ0v) is 58.2. The van der Waals surface area contributed by atoms with Crippen LogP contribution in [0.15, 0.2) is 12.5 Å². The van der Waals surface area contributed by atoms with Gasteiger partial charge < -0.3 is 116 Å². The maximum Gasteiger partial charge on any atom is 0.326 e. The summed E-state index contributed by atoms with van der Waals surface area (Å²) in [5.41, 5.74) is 5.98. The number of carbonyl (C=O) groups is 16. The van der Waals surface area contributed by atoms with Crippen molar-refractivity contribution in [1.29, 1.82) is 0 Å². The van der Waals surface area contributed by atoms with E-state index >= 15 is 0 Å². The van der Waals surface area contributed by atoms with Crippen molar-refractivity contribution in [2.75, 3.05) is 44.4 Å². The summed E-state index contributed by atoms with van der Waals surface area (Å²) in [6.45, 7) is 10.1. The molecule has 0 aliphatic heterocycles. The summed E-state index contributed by atoms with van der Waals surface area (Å²) in [7, 11) is 0. The number of thiol groups is 2. The topological polar surface area (TPSA) is 618 Å². The van der Waals surface area contributed by atoms with Gasteiger partial charge in [0.05, 0.1) is 51.4 Å². The maximum absolute atomic E-state index is 13.8. The van der Waals surface area contributed by atoms with Crippen LogP contribution < -0.4 is 80.2 Å². The molecule has 14 amide bonds. The molecule has 0 aromatic carbocycles. The molecule has 1 aromatic heterocycles. The second-order valence-corrected chi connectivity index (χ2v) is 25.1. The van der Waals surface area contributed by atoms with Crippen molar-refractivity contribution in [3.63, 3.8) is 0 Å². The summed E-state index contributed by atoms with van der Waals surface area (Å²) in [5, 5.41) is 91.8. The molecule has 0 fully saturated rings. The molecule has 1 rings (SSSR count). The number of imidazole rings is 1. The van der Waals surface area contributed by atoms with Crippen LogP contribution in [0.1, 0.15) is 94.2 Å². The lowest BCUT2D eigenvalue weighted by molar-refractivity contribution is -0.143. The van der Waals surface area contributed by atoms with Crippen molar-refractivity contribution in [2.45, 2.75) is 180 Å². The van der Waals surface area contributed by atoms with Crippen LogP contribution in [-0.2, 0) is 83.1 Å². The van der Waals surface area contributed by atoms with E-state index in [1.54, 1.807) is 27.7 Å². The van der Waals surface area contributed by atoms with E-state index in [9.17, 15) is 102 Å². The van der Waals surface area contributed by atoms with Gasteiger partial charge in [-0.25, -0.2) is 9.78 Å². The molecule has 0 unspecified atom stereocenters. The monoisotopic (exact) mass is 1450 g/mol. The molecular formula is C58H97N17O22S2. The van der Waals surface area contributed by atoms with Gasteiger partial charge in [-0.05, 0) is 50.4 Å². The maximum atomic E-state index is 13.8. The fourth-order valence-electron chi connectivity index (χ4n) is 8.73. The number of aliphatic hydroxyl groups is 4. The summed E-state index contributed by atoms with van der Waals surface area (Å²) >= 11 is 8.20. The minimum Gasteiger partial charge on any atom is -0.481 e. The van der Waals surface area contributed by atoms with Crippen LogP contribution >= 0.6 is 25.3 Å². The van der Waals surface area contributed by atoms with Gasteiger partial charge in [-0.15, -0.1) is 0 Å². The van der Waals surface area contributed by atoms with Gasteiger partial charge in [0.2, 0.25) is 82.7 Å². The predicted molar refractivity (Wildman–Crippen MR) is 354 cm³/mol. The van der Waals surface area contributed by atoms with E-state index in [-0.39, 0.29) is 36.7 Å². The van der Waals surface area contributed by atoms with Crippen molar-refractivity contribution in [3.05, 3.63) is 18.2 Å². The first-order valence-electron chi connectivity index (χ1n) is 31.3. The largest absolute Gasteiger partial charge is 0.481 e. The Hall–Kier alpha value is -8.77. The number of carbonyl (C=O) groups excluding carboxylic acids is 14. The third-order valence-electron chi connectivity index (χ3n) is 14.5. The number of nitrogens with zero attached hydrogens (tertiary/aromatic N) is 1. The van der Waals surface area contributed by atoms with E-state index in [2.05, 4.69) is 110 Å². The number of nitrogens with one attached hydrogen (secondary N) is 15. The molecule has 558 valence electrons. The Kier molecular flexibility index (Phi) is 39.5. The normalized spacial score (nSPS) is 15.5. The van der Waals surface area contributed by atoms with E-state index in [1.807, 2.05) is 0 Å². The summed E-state index contributed by atoms with van der Waals surface area (Å²) in [4.78, 5) is 215. The van der Waals surface area contributed by atoms with Crippen LogP contribution in [0.2, 0.25) is 0 Å². The Balaban J connectivity index is 3.02. The van der Waals surface area contributed by atoms with Crippen LogP contribution in [0.5, 0.6) is 0 Å². The van der Waals surface area contributed by atoms with Crippen LogP contribution in [0, 0.1) is 23.7 Å². The van der Waals surface area contributed by atoms with Gasteiger partial charge in [0.25, 0.3) is 0 Å². The molecular weight excluding hydrogens is 1350 g/mol. The number of H-pyrrole nitrogens is 1. The highest BCUT2D eigenvalue weighted by Crippen LogP contribution is 2.11. The molecule has 41 heteroatoms. The first-order chi connectivity index (χ1) is 46.3. The predicted octanol–water partition coefficient (Wildman–Crippen LogP) is -9.47. The standard InChI is InChI=1S/C58H97N17O22S2/c1-24(2)13-32(48(86)71-38(22-99)54(92)75-45(29(10)79)57(95)67-33(14-30-15-60-23-63-30)49(87)74-44(27(7)8)58(96)97)66-46(84)28(9)64-39(80)16-62-55(93)42(25(3)4)72-51(89)35(19-77)68-50(88)34(18-76)70-56(94)43(26(5)6)73-52(90)36(20-78)69-53(91)37(21-98)65-40(81)17-61-47(85)31(59)11-12-41(82)83/h15,23-29,31-38,42-45,76-79,98-99H,11-14,16-22,59H2,1-10H3,(H,60,63)(H,61,85)(H,62,93)(H,64,80)(H,65,81)(H,66,84)(H,67,95)(H,68,88)(H,69,91)(H,70,94)(H,71,86)(H,72,89)(H,73,90)(H,74,87)(H,75,92)(H,82,83)(H,96,97)/t28-,29+,31-,32-,33-,34-,35-,36-,37-,38-,42-,43-,44-,45-/m0/s1. The quantitative estimate of drug-likeness (QED) is 0.0270. The Morgan fingerprint density at radius 1 is 0.455 bits per heavy atom. The Labute approximate surface area is 581 Å². The van der Waals surface area contributed by atoms with Gasteiger partial charge in [0.1, 0.15) is 72.5 Å². The summed E-state index contributed by atoms with van der Waals surface area (Å²) in [5.74, 6) is -19.8. The van der Waals surface area contributed by atoms with E-state index < -0.39 is 236 Å². The van der Waals surface area contributed by atoms with Crippen molar-refractivity contribution in [2.24, 2.45) is 29.4 Å². The number of aromatic amines is 1. The molecule has 0 spiro atoms. The number of hydrogen-bond donors (Lipinski definition) is 24. The fourth-order valence-corrected chi connectivity index (χ4v) is 9.24. The number of carboxylic acids is 2. The zero-order valence-electron chi connectivity index (χ0n) is 56.5. The lowest BCUT2D eigenvalue weighted by atomic mass is 10.0. The highest BCUT2D eigenvalue weighted by molar-refractivity contribution is 7.80. The van der Waals surface area contributed by atoms with Crippen molar-refractivity contribution < 1.29 is 107 Å². The first kappa shape index (κ1) is 88.2. The smallest absolute Gasteiger partial charge is 0.326 e. The number of amides is 14. The molecule has 0 aliphatic carbocycles. The number of rotatable bonds is 45. The Bertz CT molecular complexity index is 2940. The average Bonchev–Trinajstić information content (AvgIpc) is 1.51. The van der Waals surface area contributed by atoms with Crippen LogP contribution in [-0.4, -0.2) is 264 Å². The molecule has 39 nitrogen and oxygen atoms in total. The van der Waals surface area contributed by atoms with Gasteiger partial charge in [0.15, 0.2) is 0 Å².